The van der Waals surface area contributed by atoms with Crippen molar-refractivity contribution in [2.75, 3.05) is 12.4 Å². The molecule has 0 bridgehead atoms. The highest BCUT2D eigenvalue weighted by atomic mass is 19.4. The molecule has 0 radical (unpaired) electrons. The van der Waals surface area contributed by atoms with Gasteiger partial charge in [0.05, 0.1) is 5.56 Å². The monoisotopic (exact) mass is 259 g/mol. The Hall–Kier alpha value is -1.52. The molecule has 0 aliphatic carbocycles. The minimum absolute atomic E-state index is 0.149. The van der Waals surface area contributed by atoms with Gasteiger partial charge in [-0.1, -0.05) is 6.92 Å². The van der Waals surface area contributed by atoms with Crippen molar-refractivity contribution in [3.8, 4) is 0 Å². The second kappa shape index (κ2) is 5.89. The van der Waals surface area contributed by atoms with E-state index in [-0.39, 0.29) is 5.92 Å². The number of aryl methyl sites for hydroxylation is 1. The van der Waals surface area contributed by atoms with E-state index in [1.54, 1.807) is 14.0 Å². The maximum absolute atomic E-state index is 12.6. The second-order valence-electron chi connectivity index (χ2n) is 4.27. The van der Waals surface area contributed by atoms with Crippen LogP contribution in [-0.2, 0) is 17.4 Å². The van der Waals surface area contributed by atoms with Gasteiger partial charge in [-0.2, -0.15) is 13.2 Å². The fourth-order valence-corrected chi connectivity index (χ4v) is 1.67. The van der Waals surface area contributed by atoms with Gasteiger partial charge in [-0.3, -0.25) is 0 Å². The van der Waals surface area contributed by atoms with Crippen LogP contribution in [0.15, 0.2) is 18.2 Å². The molecule has 0 heterocycles. The summed E-state index contributed by atoms with van der Waals surface area (Å²) in [6.07, 6.45) is -2.54. The lowest BCUT2D eigenvalue weighted by Crippen LogP contribution is -2.08. The topological polar surface area (TPSA) is 29.1 Å². The van der Waals surface area contributed by atoms with Crippen molar-refractivity contribution in [1.29, 1.82) is 0 Å². The third-order valence-electron chi connectivity index (χ3n) is 2.80. The minimum Gasteiger partial charge on any atom is -0.388 e. The van der Waals surface area contributed by atoms with Crippen LogP contribution in [0.5, 0.6) is 0 Å². The standard InChI is InChI=1S/C13H16F3NO/c1-9(8-18)3-4-10-7-11(13(14,15)16)5-6-12(10)17-2/h5-9,17H,3-4H2,1-2H3. The molecule has 0 aliphatic heterocycles. The van der Waals surface area contributed by atoms with E-state index in [4.69, 9.17) is 0 Å². The SMILES string of the molecule is CNc1ccc(C(F)(F)F)cc1CCC(C)C=O. The first-order chi connectivity index (χ1) is 8.38. The lowest BCUT2D eigenvalue weighted by Gasteiger charge is -2.14. The Morgan fingerprint density at radius 1 is 1.39 bits per heavy atom. The Morgan fingerprint density at radius 2 is 2.06 bits per heavy atom. The number of benzene rings is 1. The summed E-state index contributed by atoms with van der Waals surface area (Å²) in [7, 11) is 1.66. The van der Waals surface area contributed by atoms with Gasteiger partial charge in [0.25, 0.3) is 0 Å². The molecule has 0 fully saturated rings. The first kappa shape index (κ1) is 14.5. The van der Waals surface area contributed by atoms with Crippen LogP contribution in [0.25, 0.3) is 0 Å². The molecule has 5 heteroatoms. The summed E-state index contributed by atoms with van der Waals surface area (Å²) in [5, 5.41) is 2.86. The Morgan fingerprint density at radius 3 is 2.56 bits per heavy atom. The quantitative estimate of drug-likeness (QED) is 0.820. The van der Waals surface area contributed by atoms with Crippen LogP contribution in [0.2, 0.25) is 0 Å². The fourth-order valence-electron chi connectivity index (χ4n) is 1.67. The molecule has 1 atom stereocenters. The molecular formula is C13H16F3NO. The molecule has 0 amide bonds. The summed E-state index contributed by atoms with van der Waals surface area (Å²) in [5.41, 5.74) is 0.595. The molecule has 0 saturated heterocycles. The van der Waals surface area contributed by atoms with E-state index < -0.39 is 11.7 Å². The van der Waals surface area contributed by atoms with Crippen LogP contribution < -0.4 is 5.32 Å². The number of anilines is 1. The molecule has 1 rings (SSSR count). The van der Waals surface area contributed by atoms with E-state index in [1.807, 2.05) is 0 Å². The van der Waals surface area contributed by atoms with Crippen LogP contribution in [0, 0.1) is 5.92 Å². The number of hydrogen-bond donors (Lipinski definition) is 1. The Balaban J connectivity index is 2.95. The molecule has 0 aliphatic rings. The van der Waals surface area contributed by atoms with Gasteiger partial charge >= 0.3 is 6.18 Å². The van der Waals surface area contributed by atoms with Crippen molar-refractivity contribution in [3.05, 3.63) is 29.3 Å². The number of rotatable bonds is 5. The average Bonchev–Trinajstić information content (AvgIpc) is 2.34. The molecule has 18 heavy (non-hydrogen) atoms. The van der Waals surface area contributed by atoms with E-state index in [2.05, 4.69) is 5.32 Å². The van der Waals surface area contributed by atoms with Gasteiger partial charge in [0.1, 0.15) is 6.29 Å². The molecular weight excluding hydrogens is 243 g/mol. The van der Waals surface area contributed by atoms with Crippen LogP contribution in [0.4, 0.5) is 18.9 Å². The van der Waals surface area contributed by atoms with E-state index in [0.29, 0.717) is 24.1 Å². The first-order valence-corrected chi connectivity index (χ1v) is 5.71. The lowest BCUT2D eigenvalue weighted by molar-refractivity contribution is -0.137. The predicted octanol–water partition coefficient (Wildman–Crippen LogP) is 3.51. The number of nitrogens with one attached hydrogen (secondary N) is 1. The number of carbonyl (C=O) groups is 1. The summed E-state index contributed by atoms with van der Waals surface area (Å²) in [4.78, 5) is 10.5. The highest BCUT2D eigenvalue weighted by Gasteiger charge is 2.30. The lowest BCUT2D eigenvalue weighted by atomic mass is 9.99. The normalized spacial score (nSPS) is 13.2. The third kappa shape index (κ3) is 3.75. The highest BCUT2D eigenvalue weighted by molar-refractivity contribution is 5.55. The van der Waals surface area contributed by atoms with Gasteiger partial charge in [0, 0.05) is 18.7 Å². The Kier molecular flexibility index (Phi) is 4.76. The van der Waals surface area contributed by atoms with E-state index >= 15 is 0 Å². The van der Waals surface area contributed by atoms with Gasteiger partial charge < -0.3 is 10.1 Å². The molecule has 1 aromatic rings. The van der Waals surface area contributed by atoms with Gasteiger partial charge in [0.2, 0.25) is 0 Å². The van der Waals surface area contributed by atoms with Crippen LogP contribution in [0.1, 0.15) is 24.5 Å². The molecule has 1 aromatic carbocycles. The summed E-state index contributed by atoms with van der Waals surface area (Å²) in [6, 6.07) is 3.62. The average molecular weight is 259 g/mol. The smallest absolute Gasteiger partial charge is 0.388 e. The van der Waals surface area contributed by atoms with Crippen molar-refractivity contribution in [2.24, 2.45) is 5.92 Å². The van der Waals surface area contributed by atoms with Crippen molar-refractivity contribution in [1.82, 2.24) is 0 Å². The molecule has 100 valence electrons. The van der Waals surface area contributed by atoms with E-state index in [1.165, 1.54) is 6.07 Å². The van der Waals surface area contributed by atoms with Crippen molar-refractivity contribution in [3.63, 3.8) is 0 Å². The second-order valence-corrected chi connectivity index (χ2v) is 4.27. The number of alkyl halides is 3. The van der Waals surface area contributed by atoms with Crippen molar-refractivity contribution >= 4 is 12.0 Å². The molecule has 2 nitrogen and oxygen atoms in total. The number of aldehydes is 1. The summed E-state index contributed by atoms with van der Waals surface area (Å²) in [5.74, 6) is -0.149. The van der Waals surface area contributed by atoms with Crippen LogP contribution >= 0.6 is 0 Å². The first-order valence-electron chi connectivity index (χ1n) is 5.71. The molecule has 0 aromatic heterocycles. The number of carbonyl (C=O) groups excluding carboxylic acids is 1. The van der Waals surface area contributed by atoms with Gasteiger partial charge in [-0.15, -0.1) is 0 Å². The maximum atomic E-state index is 12.6. The summed E-state index contributed by atoms with van der Waals surface area (Å²) in [6.45, 7) is 1.75. The Bertz CT molecular complexity index is 415. The predicted molar refractivity (Wildman–Crippen MR) is 64.5 cm³/mol. The third-order valence-corrected chi connectivity index (χ3v) is 2.80. The van der Waals surface area contributed by atoms with E-state index in [9.17, 15) is 18.0 Å². The van der Waals surface area contributed by atoms with Gasteiger partial charge in [-0.25, -0.2) is 0 Å². The van der Waals surface area contributed by atoms with Crippen LogP contribution in [-0.4, -0.2) is 13.3 Å². The van der Waals surface area contributed by atoms with Crippen molar-refractivity contribution < 1.29 is 18.0 Å². The minimum atomic E-state index is -4.34. The zero-order valence-electron chi connectivity index (χ0n) is 10.3. The molecule has 0 spiro atoms. The van der Waals surface area contributed by atoms with Gasteiger partial charge in [-0.05, 0) is 36.6 Å². The molecule has 0 saturated carbocycles. The largest absolute Gasteiger partial charge is 0.416 e. The highest BCUT2D eigenvalue weighted by Crippen LogP contribution is 2.32. The van der Waals surface area contributed by atoms with Gasteiger partial charge in [0.15, 0.2) is 0 Å². The van der Waals surface area contributed by atoms with Crippen LogP contribution in [0.3, 0.4) is 0 Å². The zero-order chi connectivity index (χ0) is 13.8. The van der Waals surface area contributed by atoms with E-state index in [0.717, 1.165) is 18.4 Å². The number of halogens is 3. The fraction of sp³-hybridized carbons (Fsp3) is 0.462. The molecule has 1 unspecified atom stereocenters. The summed E-state index contributed by atoms with van der Waals surface area (Å²) >= 11 is 0. The summed E-state index contributed by atoms with van der Waals surface area (Å²) < 4.78 is 37.8. The zero-order valence-corrected chi connectivity index (χ0v) is 10.3. The molecule has 1 N–H and O–H groups in total. The van der Waals surface area contributed by atoms with Crippen molar-refractivity contribution in [2.45, 2.75) is 25.9 Å². The maximum Gasteiger partial charge on any atom is 0.416 e. The number of hydrogen-bond acceptors (Lipinski definition) is 2. The Labute approximate surface area is 104 Å².